The molecular formula is C20H24ClNO3. The number of ether oxygens (including phenoxy) is 1. The molecule has 4 aliphatic carbocycles. The maximum absolute atomic E-state index is 12.6. The predicted molar refractivity (Wildman–Crippen MR) is 95.4 cm³/mol. The van der Waals surface area contributed by atoms with Crippen LogP contribution in [0, 0.1) is 17.8 Å². The lowest BCUT2D eigenvalue weighted by molar-refractivity contribution is -0.134. The molecule has 0 radical (unpaired) electrons. The highest BCUT2D eigenvalue weighted by Gasteiger charge is 2.51. The van der Waals surface area contributed by atoms with Gasteiger partial charge in [0.2, 0.25) is 0 Å². The average Bonchev–Trinajstić information content (AvgIpc) is 2.53. The number of carbonyl (C=O) groups excluding carboxylic acids is 2. The van der Waals surface area contributed by atoms with Crippen molar-refractivity contribution in [2.24, 2.45) is 17.8 Å². The normalized spacial score (nSPS) is 33.8. The van der Waals surface area contributed by atoms with Gasteiger partial charge in [0.15, 0.2) is 6.10 Å². The molecule has 0 saturated heterocycles. The summed E-state index contributed by atoms with van der Waals surface area (Å²) in [5, 5.41) is 3.81. The quantitative estimate of drug-likeness (QED) is 0.825. The Balaban J connectivity index is 1.38. The van der Waals surface area contributed by atoms with E-state index in [2.05, 4.69) is 5.32 Å². The van der Waals surface area contributed by atoms with E-state index in [1.54, 1.807) is 31.2 Å². The van der Waals surface area contributed by atoms with Gasteiger partial charge in [0, 0.05) is 10.6 Å². The molecule has 4 fully saturated rings. The molecular weight excluding hydrogens is 338 g/mol. The van der Waals surface area contributed by atoms with Gasteiger partial charge in [-0.1, -0.05) is 11.6 Å². The number of halogens is 1. The van der Waals surface area contributed by atoms with Crippen LogP contribution >= 0.6 is 11.6 Å². The third kappa shape index (κ3) is 3.41. The van der Waals surface area contributed by atoms with Gasteiger partial charge in [0.05, 0.1) is 5.56 Å². The minimum Gasteiger partial charge on any atom is -0.449 e. The molecule has 0 spiro atoms. The van der Waals surface area contributed by atoms with Crippen molar-refractivity contribution in [1.82, 2.24) is 5.32 Å². The molecule has 25 heavy (non-hydrogen) atoms. The fourth-order valence-electron chi connectivity index (χ4n) is 5.49. The van der Waals surface area contributed by atoms with Gasteiger partial charge in [0.1, 0.15) is 0 Å². The Bertz CT molecular complexity index is 649. The van der Waals surface area contributed by atoms with E-state index in [9.17, 15) is 9.59 Å². The van der Waals surface area contributed by atoms with Gasteiger partial charge >= 0.3 is 5.97 Å². The minimum absolute atomic E-state index is 0.0627. The van der Waals surface area contributed by atoms with Crippen molar-refractivity contribution in [3.63, 3.8) is 0 Å². The Morgan fingerprint density at radius 1 is 1.08 bits per heavy atom. The van der Waals surface area contributed by atoms with E-state index in [4.69, 9.17) is 16.3 Å². The second-order valence-corrected chi connectivity index (χ2v) is 8.68. The molecule has 0 aromatic heterocycles. The van der Waals surface area contributed by atoms with Crippen LogP contribution in [0.1, 0.15) is 55.8 Å². The largest absolute Gasteiger partial charge is 0.449 e. The van der Waals surface area contributed by atoms with E-state index in [0.717, 1.165) is 37.0 Å². The number of nitrogens with one attached hydrogen (secondary N) is 1. The molecule has 1 aromatic carbocycles. The smallest absolute Gasteiger partial charge is 0.338 e. The summed E-state index contributed by atoms with van der Waals surface area (Å²) in [7, 11) is 0. The predicted octanol–water partition coefficient (Wildman–Crippen LogP) is 3.97. The molecule has 0 aliphatic heterocycles. The van der Waals surface area contributed by atoms with Gasteiger partial charge in [0.25, 0.3) is 5.91 Å². The standard InChI is InChI=1S/C20H24ClNO3/c1-12(25-19(24)16-2-4-17(21)5-3-16)18(23)22-20-9-13-6-14(10-20)8-15(7-13)11-20/h2-5,12-15H,6-11H2,1H3,(H,22,23)/t12-,13?,14?,15?,20?/m1/s1. The number of rotatable bonds is 4. The first kappa shape index (κ1) is 16.9. The van der Waals surface area contributed by atoms with Gasteiger partial charge in [-0.15, -0.1) is 0 Å². The lowest BCUT2D eigenvalue weighted by Gasteiger charge is -2.57. The maximum atomic E-state index is 12.6. The van der Waals surface area contributed by atoms with Crippen molar-refractivity contribution in [1.29, 1.82) is 0 Å². The summed E-state index contributed by atoms with van der Waals surface area (Å²) in [5.41, 5.74) is 0.339. The molecule has 1 N–H and O–H groups in total. The second-order valence-electron chi connectivity index (χ2n) is 8.24. The Hall–Kier alpha value is -1.55. The lowest BCUT2D eigenvalue weighted by Crippen LogP contribution is -2.61. The molecule has 0 unspecified atom stereocenters. The number of hydrogen-bond acceptors (Lipinski definition) is 3. The van der Waals surface area contributed by atoms with Crippen LogP contribution in [0.25, 0.3) is 0 Å². The van der Waals surface area contributed by atoms with Crippen molar-refractivity contribution in [2.75, 3.05) is 0 Å². The first-order valence-corrected chi connectivity index (χ1v) is 9.59. The van der Waals surface area contributed by atoms with Gasteiger partial charge in [-0.2, -0.15) is 0 Å². The van der Waals surface area contributed by atoms with Crippen molar-refractivity contribution in [2.45, 2.75) is 57.1 Å². The van der Waals surface area contributed by atoms with Crippen molar-refractivity contribution in [3.8, 4) is 0 Å². The maximum Gasteiger partial charge on any atom is 0.338 e. The molecule has 4 saturated carbocycles. The van der Waals surface area contributed by atoms with Gasteiger partial charge in [-0.25, -0.2) is 4.79 Å². The molecule has 5 heteroatoms. The van der Waals surface area contributed by atoms with Gasteiger partial charge < -0.3 is 10.1 Å². The van der Waals surface area contributed by atoms with Crippen LogP contribution in [0.15, 0.2) is 24.3 Å². The summed E-state index contributed by atoms with van der Waals surface area (Å²) in [6.07, 6.45) is 6.45. The van der Waals surface area contributed by atoms with Crippen LogP contribution in [0.5, 0.6) is 0 Å². The second kappa shape index (κ2) is 6.31. The summed E-state index contributed by atoms with van der Waals surface area (Å²) in [6, 6.07) is 6.49. The monoisotopic (exact) mass is 361 g/mol. The Labute approximate surface area is 153 Å². The topological polar surface area (TPSA) is 55.4 Å². The zero-order chi connectivity index (χ0) is 17.6. The highest BCUT2D eigenvalue weighted by atomic mass is 35.5. The zero-order valence-corrected chi connectivity index (χ0v) is 15.2. The molecule has 0 heterocycles. The van der Waals surface area contributed by atoms with Crippen LogP contribution in [0.4, 0.5) is 0 Å². The van der Waals surface area contributed by atoms with E-state index in [-0.39, 0.29) is 11.4 Å². The first-order valence-electron chi connectivity index (χ1n) is 9.21. The fraction of sp³-hybridized carbons (Fsp3) is 0.600. The highest BCUT2D eigenvalue weighted by molar-refractivity contribution is 6.30. The molecule has 1 amide bonds. The number of benzene rings is 1. The van der Waals surface area contributed by atoms with E-state index in [0.29, 0.717) is 10.6 Å². The van der Waals surface area contributed by atoms with Crippen LogP contribution in [-0.2, 0) is 9.53 Å². The van der Waals surface area contributed by atoms with Gasteiger partial charge in [-0.05, 0) is 87.5 Å². The Kier molecular flexibility index (Phi) is 4.27. The van der Waals surface area contributed by atoms with Crippen molar-refractivity contribution < 1.29 is 14.3 Å². The summed E-state index contributed by atoms with van der Waals surface area (Å²) >= 11 is 5.83. The molecule has 5 rings (SSSR count). The fourth-order valence-corrected chi connectivity index (χ4v) is 5.62. The summed E-state index contributed by atoms with van der Waals surface area (Å²) < 4.78 is 5.36. The third-order valence-electron chi connectivity index (χ3n) is 6.16. The number of esters is 1. The average molecular weight is 362 g/mol. The molecule has 134 valence electrons. The number of amides is 1. The molecule has 1 aromatic rings. The zero-order valence-electron chi connectivity index (χ0n) is 14.5. The van der Waals surface area contributed by atoms with Crippen molar-refractivity contribution >= 4 is 23.5 Å². The number of hydrogen-bond donors (Lipinski definition) is 1. The van der Waals surface area contributed by atoms with E-state index in [1.165, 1.54) is 19.3 Å². The van der Waals surface area contributed by atoms with E-state index in [1.807, 2.05) is 0 Å². The van der Waals surface area contributed by atoms with Crippen molar-refractivity contribution in [3.05, 3.63) is 34.9 Å². The van der Waals surface area contributed by atoms with Crippen LogP contribution in [0.2, 0.25) is 5.02 Å². The third-order valence-corrected chi connectivity index (χ3v) is 6.41. The molecule has 4 nitrogen and oxygen atoms in total. The lowest BCUT2D eigenvalue weighted by atomic mass is 9.53. The Morgan fingerprint density at radius 2 is 1.60 bits per heavy atom. The summed E-state index contributed by atoms with van der Waals surface area (Å²) in [5.74, 6) is 1.62. The van der Waals surface area contributed by atoms with Crippen LogP contribution in [0.3, 0.4) is 0 Å². The number of carbonyl (C=O) groups is 2. The summed E-state index contributed by atoms with van der Waals surface area (Å²) in [6.45, 7) is 1.64. The van der Waals surface area contributed by atoms with Crippen LogP contribution < -0.4 is 5.32 Å². The molecule has 1 atom stereocenters. The SMILES string of the molecule is C[C@@H](OC(=O)c1ccc(Cl)cc1)C(=O)NC12CC3CC(CC(C3)C1)C2. The summed E-state index contributed by atoms with van der Waals surface area (Å²) in [4.78, 5) is 24.8. The minimum atomic E-state index is -0.795. The first-order chi connectivity index (χ1) is 11.9. The molecule has 4 bridgehead atoms. The van der Waals surface area contributed by atoms with Gasteiger partial charge in [-0.3, -0.25) is 4.79 Å². The molecule has 4 aliphatic rings. The highest BCUT2D eigenvalue weighted by Crippen LogP contribution is 2.55. The van der Waals surface area contributed by atoms with Crippen LogP contribution in [-0.4, -0.2) is 23.5 Å². The Morgan fingerprint density at radius 3 is 2.12 bits per heavy atom. The van der Waals surface area contributed by atoms with E-state index < -0.39 is 12.1 Å². The van der Waals surface area contributed by atoms with E-state index >= 15 is 0 Å².